The fraction of sp³-hybridized carbons (Fsp3) is 0.238. The molecular weight excluding hydrogens is 378 g/mol. The van der Waals surface area contributed by atoms with Gasteiger partial charge in [-0.25, -0.2) is 4.98 Å². The highest BCUT2D eigenvalue weighted by molar-refractivity contribution is 7.99. The summed E-state index contributed by atoms with van der Waals surface area (Å²) in [6.45, 7) is 0. The number of benzene rings is 2. The van der Waals surface area contributed by atoms with Crippen molar-refractivity contribution in [3.63, 3.8) is 0 Å². The van der Waals surface area contributed by atoms with E-state index < -0.39 is 0 Å². The molecule has 0 radical (unpaired) electrons. The van der Waals surface area contributed by atoms with Crippen molar-refractivity contribution < 1.29 is 4.79 Å². The molecule has 0 aliphatic rings. The van der Waals surface area contributed by atoms with Crippen LogP contribution in [0.3, 0.4) is 0 Å². The van der Waals surface area contributed by atoms with Gasteiger partial charge in [0.25, 0.3) is 0 Å². The molecule has 0 saturated heterocycles. The van der Waals surface area contributed by atoms with E-state index in [4.69, 9.17) is 11.6 Å². The Bertz CT molecular complexity index is 865. The van der Waals surface area contributed by atoms with Crippen LogP contribution in [-0.2, 0) is 11.8 Å². The quantitative estimate of drug-likeness (QED) is 0.435. The summed E-state index contributed by atoms with van der Waals surface area (Å²) in [5, 5.41) is 3.79. The van der Waals surface area contributed by atoms with Crippen LogP contribution in [0.2, 0.25) is 5.02 Å². The third kappa shape index (κ3) is 5.62. The number of carbonyl (C=O) groups excluding carboxylic acids is 1. The van der Waals surface area contributed by atoms with Gasteiger partial charge in [-0.1, -0.05) is 41.9 Å². The van der Waals surface area contributed by atoms with E-state index >= 15 is 0 Å². The van der Waals surface area contributed by atoms with Crippen molar-refractivity contribution in [1.29, 1.82) is 0 Å². The van der Waals surface area contributed by atoms with Gasteiger partial charge in [-0.3, -0.25) is 4.79 Å². The summed E-state index contributed by atoms with van der Waals surface area (Å²) in [4.78, 5) is 18.2. The highest BCUT2D eigenvalue weighted by Crippen LogP contribution is 2.23. The lowest BCUT2D eigenvalue weighted by Gasteiger charge is -2.19. The van der Waals surface area contributed by atoms with Gasteiger partial charge in [0.15, 0.2) is 0 Å². The number of nitrogens with one attached hydrogen (secondary N) is 1. The number of thioether (sulfide) groups is 1. The first-order valence-electron chi connectivity index (χ1n) is 8.83. The Hall–Kier alpha value is -2.24. The van der Waals surface area contributed by atoms with Crippen molar-refractivity contribution in [2.75, 3.05) is 5.75 Å². The Morgan fingerprint density at radius 1 is 1.19 bits per heavy atom. The Morgan fingerprint density at radius 2 is 1.93 bits per heavy atom. The molecule has 0 unspecified atom stereocenters. The number of hydrogen-bond acceptors (Lipinski definition) is 3. The van der Waals surface area contributed by atoms with Crippen LogP contribution in [0.15, 0.2) is 71.9 Å². The first-order chi connectivity index (χ1) is 13.1. The highest BCUT2D eigenvalue weighted by atomic mass is 35.5. The molecule has 140 valence electrons. The molecule has 6 heteroatoms. The predicted octanol–water partition coefficient (Wildman–Crippen LogP) is 4.85. The number of imidazole rings is 1. The summed E-state index contributed by atoms with van der Waals surface area (Å²) < 4.78 is 1.92. The minimum absolute atomic E-state index is 0.0200. The van der Waals surface area contributed by atoms with Crippen molar-refractivity contribution in [1.82, 2.24) is 14.9 Å². The van der Waals surface area contributed by atoms with E-state index in [1.54, 1.807) is 18.0 Å². The number of nitrogens with zero attached hydrogens (tertiary/aromatic N) is 2. The van der Waals surface area contributed by atoms with Crippen molar-refractivity contribution >= 4 is 29.3 Å². The summed E-state index contributed by atoms with van der Waals surface area (Å²) in [7, 11) is 1.92. The van der Waals surface area contributed by atoms with Crippen LogP contribution in [0.5, 0.6) is 0 Å². The molecule has 0 aliphatic heterocycles. The molecule has 3 rings (SSSR count). The molecule has 0 saturated carbocycles. The average molecular weight is 400 g/mol. The van der Waals surface area contributed by atoms with Gasteiger partial charge in [0.05, 0.1) is 0 Å². The van der Waals surface area contributed by atoms with Gasteiger partial charge in [0.1, 0.15) is 11.9 Å². The van der Waals surface area contributed by atoms with Crippen LogP contribution in [0.4, 0.5) is 0 Å². The SMILES string of the molecule is Cn1ccnc1[C@@H](NC(=O)CCCSc1ccccc1)c1ccc(Cl)cc1. The minimum Gasteiger partial charge on any atom is -0.342 e. The molecule has 1 atom stereocenters. The van der Waals surface area contributed by atoms with Crippen molar-refractivity contribution in [2.45, 2.75) is 23.8 Å². The van der Waals surface area contributed by atoms with E-state index in [9.17, 15) is 4.79 Å². The van der Waals surface area contributed by atoms with Crippen LogP contribution < -0.4 is 5.32 Å². The molecule has 1 amide bonds. The molecule has 2 aromatic carbocycles. The lowest BCUT2D eigenvalue weighted by Crippen LogP contribution is -2.31. The molecule has 1 aromatic heterocycles. The number of amides is 1. The molecule has 1 heterocycles. The maximum Gasteiger partial charge on any atom is 0.220 e. The lowest BCUT2D eigenvalue weighted by molar-refractivity contribution is -0.121. The van der Waals surface area contributed by atoms with Crippen LogP contribution in [-0.4, -0.2) is 21.2 Å². The third-order valence-electron chi connectivity index (χ3n) is 4.19. The highest BCUT2D eigenvalue weighted by Gasteiger charge is 2.20. The molecule has 0 fully saturated rings. The van der Waals surface area contributed by atoms with E-state index in [0.717, 1.165) is 23.6 Å². The molecule has 27 heavy (non-hydrogen) atoms. The van der Waals surface area contributed by atoms with Gasteiger partial charge in [-0.05, 0) is 42.0 Å². The zero-order chi connectivity index (χ0) is 19.1. The zero-order valence-electron chi connectivity index (χ0n) is 15.1. The van der Waals surface area contributed by atoms with Crippen LogP contribution in [0.1, 0.15) is 30.3 Å². The second-order valence-electron chi connectivity index (χ2n) is 6.21. The summed E-state index contributed by atoms with van der Waals surface area (Å²) in [5.74, 6) is 1.72. The Kier molecular flexibility index (Phi) is 6.96. The molecular formula is C21H22ClN3OS. The fourth-order valence-corrected chi connectivity index (χ4v) is 3.78. The van der Waals surface area contributed by atoms with Gasteiger partial charge in [0, 0.05) is 35.8 Å². The number of hydrogen-bond donors (Lipinski definition) is 1. The smallest absolute Gasteiger partial charge is 0.220 e. The monoisotopic (exact) mass is 399 g/mol. The number of carbonyl (C=O) groups is 1. The van der Waals surface area contributed by atoms with Gasteiger partial charge < -0.3 is 9.88 Å². The summed E-state index contributed by atoms with van der Waals surface area (Å²) in [6.07, 6.45) is 4.91. The number of halogens is 1. The van der Waals surface area contributed by atoms with Crippen LogP contribution in [0.25, 0.3) is 0 Å². The lowest BCUT2D eigenvalue weighted by atomic mass is 10.1. The van der Waals surface area contributed by atoms with Gasteiger partial charge >= 0.3 is 0 Å². The zero-order valence-corrected chi connectivity index (χ0v) is 16.7. The summed E-state index contributed by atoms with van der Waals surface area (Å²) >= 11 is 7.77. The molecule has 0 aliphatic carbocycles. The van der Waals surface area contributed by atoms with E-state index in [1.165, 1.54) is 4.90 Å². The van der Waals surface area contributed by atoms with Crippen LogP contribution >= 0.6 is 23.4 Å². The topological polar surface area (TPSA) is 46.9 Å². The van der Waals surface area contributed by atoms with Crippen LogP contribution in [0, 0.1) is 0 Å². The Labute approximate surface area is 169 Å². The second kappa shape index (κ2) is 9.62. The maximum atomic E-state index is 12.5. The largest absolute Gasteiger partial charge is 0.342 e. The normalized spacial score (nSPS) is 11.9. The van der Waals surface area contributed by atoms with E-state index in [-0.39, 0.29) is 11.9 Å². The van der Waals surface area contributed by atoms with Gasteiger partial charge in [0.2, 0.25) is 5.91 Å². The maximum absolute atomic E-state index is 12.5. The molecule has 4 nitrogen and oxygen atoms in total. The molecule has 3 aromatic rings. The Balaban J connectivity index is 1.59. The standard InChI is InChI=1S/C21H22ClN3OS/c1-25-14-13-23-21(25)20(16-9-11-17(22)12-10-16)24-19(26)8-5-15-27-18-6-3-2-4-7-18/h2-4,6-7,9-14,20H,5,8,15H2,1H3,(H,24,26)/t20-/m0/s1. The molecule has 1 N–H and O–H groups in total. The van der Waals surface area contributed by atoms with Crippen molar-refractivity contribution in [3.8, 4) is 0 Å². The third-order valence-corrected chi connectivity index (χ3v) is 5.54. The fourth-order valence-electron chi connectivity index (χ4n) is 2.78. The summed E-state index contributed by atoms with van der Waals surface area (Å²) in [5.41, 5.74) is 0.959. The van der Waals surface area contributed by atoms with Crippen molar-refractivity contribution in [3.05, 3.63) is 83.4 Å². The first-order valence-corrected chi connectivity index (χ1v) is 10.2. The second-order valence-corrected chi connectivity index (χ2v) is 7.82. The number of aryl methyl sites for hydroxylation is 1. The van der Waals surface area contributed by atoms with E-state index in [2.05, 4.69) is 22.4 Å². The summed E-state index contributed by atoms with van der Waals surface area (Å²) in [6, 6.07) is 17.4. The van der Waals surface area contributed by atoms with Gasteiger partial charge in [-0.15, -0.1) is 11.8 Å². The molecule has 0 bridgehead atoms. The minimum atomic E-state index is -0.295. The van der Waals surface area contributed by atoms with E-state index in [0.29, 0.717) is 11.4 Å². The predicted molar refractivity (Wildman–Crippen MR) is 111 cm³/mol. The molecule has 0 spiro atoms. The van der Waals surface area contributed by atoms with E-state index in [1.807, 2.05) is 60.3 Å². The average Bonchev–Trinajstić information content (AvgIpc) is 3.11. The first kappa shape index (κ1) is 19.5. The Morgan fingerprint density at radius 3 is 2.59 bits per heavy atom. The number of aromatic nitrogens is 2. The van der Waals surface area contributed by atoms with Crippen molar-refractivity contribution in [2.24, 2.45) is 7.05 Å². The number of rotatable bonds is 8. The van der Waals surface area contributed by atoms with Gasteiger partial charge in [-0.2, -0.15) is 0 Å².